The van der Waals surface area contributed by atoms with Crippen LogP contribution in [-0.2, 0) is 27.7 Å². The standard InChI is InChI=1S/C21H19N3O4S2/c25-20-11-28-19-8-6-15(10-17(19)22-20)18-12-29-21(23-18)24-30(26,27)16-7-5-13-3-1-2-4-14(13)9-16/h5-10,12H,1-4,11H2,(H,22,25)(H,23,24). The predicted molar refractivity (Wildman–Crippen MR) is 116 cm³/mol. The Morgan fingerprint density at radius 1 is 1.07 bits per heavy atom. The van der Waals surface area contributed by atoms with Crippen LogP contribution >= 0.6 is 11.3 Å². The summed E-state index contributed by atoms with van der Waals surface area (Å²) >= 11 is 1.21. The van der Waals surface area contributed by atoms with Crippen LogP contribution in [0.4, 0.5) is 10.8 Å². The van der Waals surface area contributed by atoms with Gasteiger partial charge < -0.3 is 10.1 Å². The smallest absolute Gasteiger partial charge is 0.263 e. The van der Waals surface area contributed by atoms with Crippen molar-refractivity contribution in [1.29, 1.82) is 0 Å². The number of carbonyl (C=O) groups is 1. The SMILES string of the molecule is O=C1COc2ccc(-c3csc(NS(=O)(=O)c4ccc5c(c4)CCCC5)n3)cc2N1. The van der Waals surface area contributed by atoms with E-state index in [1.54, 1.807) is 29.6 Å². The minimum atomic E-state index is -3.72. The molecule has 1 aromatic heterocycles. The molecule has 2 aromatic carbocycles. The zero-order chi connectivity index (χ0) is 20.7. The maximum atomic E-state index is 12.9. The Kier molecular flexibility index (Phi) is 4.71. The molecular weight excluding hydrogens is 422 g/mol. The van der Waals surface area contributed by atoms with E-state index in [1.165, 1.54) is 16.9 Å². The molecule has 7 nitrogen and oxygen atoms in total. The van der Waals surface area contributed by atoms with E-state index in [0.29, 0.717) is 22.3 Å². The number of nitrogens with zero attached hydrogens (tertiary/aromatic N) is 1. The van der Waals surface area contributed by atoms with Gasteiger partial charge in [-0.25, -0.2) is 13.4 Å². The molecule has 154 valence electrons. The minimum Gasteiger partial charge on any atom is -0.482 e. The van der Waals surface area contributed by atoms with E-state index in [0.717, 1.165) is 36.8 Å². The highest BCUT2D eigenvalue weighted by Crippen LogP contribution is 2.34. The van der Waals surface area contributed by atoms with Crippen molar-refractivity contribution in [2.24, 2.45) is 0 Å². The number of sulfonamides is 1. The fourth-order valence-corrected chi connectivity index (χ4v) is 5.77. The second-order valence-corrected chi connectivity index (χ2v) is 9.87. The molecule has 0 atom stereocenters. The molecule has 2 heterocycles. The van der Waals surface area contributed by atoms with Crippen LogP contribution in [-0.4, -0.2) is 25.9 Å². The van der Waals surface area contributed by atoms with Crippen molar-refractivity contribution in [3.8, 4) is 17.0 Å². The van der Waals surface area contributed by atoms with E-state index in [2.05, 4.69) is 15.0 Å². The van der Waals surface area contributed by atoms with Crippen molar-refractivity contribution < 1.29 is 17.9 Å². The average molecular weight is 442 g/mol. The molecule has 1 aliphatic carbocycles. The first-order chi connectivity index (χ1) is 14.5. The fraction of sp³-hybridized carbons (Fsp3) is 0.238. The molecular formula is C21H19N3O4S2. The third-order valence-electron chi connectivity index (χ3n) is 5.26. The van der Waals surface area contributed by atoms with Crippen LogP contribution in [0, 0.1) is 0 Å². The molecule has 1 amide bonds. The first-order valence-electron chi connectivity index (χ1n) is 9.65. The van der Waals surface area contributed by atoms with Gasteiger partial charge in [-0.15, -0.1) is 11.3 Å². The highest BCUT2D eigenvalue weighted by atomic mass is 32.2. The number of hydrogen-bond acceptors (Lipinski definition) is 6. The van der Waals surface area contributed by atoms with E-state index in [4.69, 9.17) is 4.74 Å². The highest BCUT2D eigenvalue weighted by Gasteiger charge is 2.20. The van der Waals surface area contributed by atoms with Crippen LogP contribution in [0.25, 0.3) is 11.3 Å². The Hall–Kier alpha value is -2.91. The molecule has 0 fully saturated rings. The second kappa shape index (κ2) is 7.41. The number of benzene rings is 2. The third-order valence-corrected chi connectivity index (χ3v) is 7.49. The largest absolute Gasteiger partial charge is 0.482 e. The number of hydrogen-bond donors (Lipinski definition) is 2. The number of aromatic nitrogens is 1. The summed E-state index contributed by atoms with van der Waals surface area (Å²) in [6, 6.07) is 10.7. The molecule has 0 spiro atoms. The molecule has 0 unspecified atom stereocenters. The number of aryl methyl sites for hydroxylation is 2. The van der Waals surface area contributed by atoms with Gasteiger partial charge in [0.1, 0.15) is 5.75 Å². The van der Waals surface area contributed by atoms with Crippen LogP contribution in [0.3, 0.4) is 0 Å². The second-order valence-electron chi connectivity index (χ2n) is 7.33. The van der Waals surface area contributed by atoms with E-state index in [9.17, 15) is 13.2 Å². The third kappa shape index (κ3) is 3.66. The quantitative estimate of drug-likeness (QED) is 0.642. The number of nitrogens with one attached hydrogen (secondary N) is 2. The van der Waals surface area contributed by atoms with Gasteiger partial charge in [-0.2, -0.15) is 0 Å². The Bertz CT molecular complexity index is 1250. The lowest BCUT2D eigenvalue weighted by atomic mass is 9.92. The van der Waals surface area contributed by atoms with Gasteiger partial charge in [0.05, 0.1) is 16.3 Å². The lowest BCUT2D eigenvalue weighted by Gasteiger charge is -2.18. The molecule has 0 radical (unpaired) electrons. The summed E-state index contributed by atoms with van der Waals surface area (Å²) in [5, 5.41) is 4.83. The van der Waals surface area contributed by atoms with Crippen molar-refractivity contribution in [3.63, 3.8) is 0 Å². The number of ether oxygens (including phenoxy) is 1. The topological polar surface area (TPSA) is 97.4 Å². The monoisotopic (exact) mass is 441 g/mol. The lowest BCUT2D eigenvalue weighted by molar-refractivity contribution is -0.118. The summed E-state index contributed by atoms with van der Waals surface area (Å²) in [4.78, 5) is 16.2. The summed E-state index contributed by atoms with van der Waals surface area (Å²) in [6.45, 7) is -0.00231. The van der Waals surface area contributed by atoms with Crippen LogP contribution in [0.5, 0.6) is 5.75 Å². The van der Waals surface area contributed by atoms with Gasteiger partial charge in [0, 0.05) is 10.9 Å². The lowest BCUT2D eigenvalue weighted by Crippen LogP contribution is -2.25. The number of amides is 1. The number of anilines is 2. The molecule has 30 heavy (non-hydrogen) atoms. The van der Waals surface area contributed by atoms with E-state index >= 15 is 0 Å². The molecule has 0 bridgehead atoms. The number of rotatable bonds is 4. The summed E-state index contributed by atoms with van der Waals surface area (Å²) < 4.78 is 33.7. The number of fused-ring (bicyclic) bond motifs is 2. The Labute approximate surface area is 178 Å². The van der Waals surface area contributed by atoms with Crippen molar-refractivity contribution in [3.05, 3.63) is 52.9 Å². The van der Waals surface area contributed by atoms with Gasteiger partial charge >= 0.3 is 0 Å². The van der Waals surface area contributed by atoms with E-state index < -0.39 is 10.0 Å². The number of carbonyl (C=O) groups excluding carboxylic acids is 1. The maximum Gasteiger partial charge on any atom is 0.263 e. The molecule has 3 aromatic rings. The summed E-state index contributed by atoms with van der Waals surface area (Å²) in [7, 11) is -3.72. The molecule has 1 aliphatic heterocycles. The van der Waals surface area contributed by atoms with Gasteiger partial charge in [0.15, 0.2) is 11.7 Å². The van der Waals surface area contributed by atoms with Crippen molar-refractivity contribution in [2.75, 3.05) is 16.6 Å². The van der Waals surface area contributed by atoms with Crippen LogP contribution in [0.1, 0.15) is 24.0 Å². The Morgan fingerprint density at radius 2 is 1.90 bits per heavy atom. The first kappa shape index (κ1) is 19.1. The first-order valence-corrected chi connectivity index (χ1v) is 12.0. The average Bonchev–Trinajstić information content (AvgIpc) is 3.20. The predicted octanol–water partition coefficient (Wildman–Crippen LogP) is 3.82. The molecule has 9 heteroatoms. The normalized spacial score (nSPS) is 15.5. The van der Waals surface area contributed by atoms with E-state index in [1.807, 2.05) is 12.1 Å². The molecule has 5 rings (SSSR count). The van der Waals surface area contributed by atoms with Crippen molar-refractivity contribution >= 4 is 38.1 Å². The fourth-order valence-electron chi connectivity index (χ4n) is 3.75. The summed E-state index contributed by atoms with van der Waals surface area (Å²) in [6.07, 6.45) is 4.16. The molecule has 0 saturated heterocycles. The van der Waals surface area contributed by atoms with Crippen LogP contribution in [0.2, 0.25) is 0 Å². The molecule has 2 N–H and O–H groups in total. The minimum absolute atomic E-state index is 0.00231. The number of thiazole rings is 1. The van der Waals surface area contributed by atoms with Gasteiger partial charge in [-0.05, 0) is 67.1 Å². The van der Waals surface area contributed by atoms with Crippen molar-refractivity contribution in [2.45, 2.75) is 30.6 Å². The van der Waals surface area contributed by atoms with Gasteiger partial charge in [-0.1, -0.05) is 6.07 Å². The Balaban J connectivity index is 1.38. The zero-order valence-corrected chi connectivity index (χ0v) is 17.6. The summed E-state index contributed by atoms with van der Waals surface area (Å²) in [5.74, 6) is 0.387. The molecule has 0 saturated carbocycles. The Morgan fingerprint density at radius 3 is 2.77 bits per heavy atom. The molecule has 2 aliphatic rings. The highest BCUT2D eigenvalue weighted by molar-refractivity contribution is 7.93. The van der Waals surface area contributed by atoms with Crippen LogP contribution in [0.15, 0.2) is 46.7 Å². The maximum absolute atomic E-state index is 12.9. The van der Waals surface area contributed by atoms with Crippen molar-refractivity contribution in [1.82, 2.24) is 4.98 Å². The van der Waals surface area contributed by atoms with Gasteiger partial charge in [0.2, 0.25) is 0 Å². The van der Waals surface area contributed by atoms with Gasteiger partial charge in [-0.3, -0.25) is 9.52 Å². The summed E-state index contributed by atoms with van der Waals surface area (Å²) in [5.41, 5.74) is 4.30. The van der Waals surface area contributed by atoms with Crippen LogP contribution < -0.4 is 14.8 Å². The van der Waals surface area contributed by atoms with E-state index in [-0.39, 0.29) is 17.4 Å². The van der Waals surface area contributed by atoms with Gasteiger partial charge in [0.25, 0.3) is 15.9 Å². The zero-order valence-electron chi connectivity index (χ0n) is 16.0.